The second-order valence-electron chi connectivity index (χ2n) is 5.75. The van der Waals surface area contributed by atoms with E-state index in [2.05, 4.69) is 52.1 Å². The van der Waals surface area contributed by atoms with Gasteiger partial charge in [0.15, 0.2) is 5.16 Å². The molecular formula is C17H22N4OS. The van der Waals surface area contributed by atoms with Crippen molar-refractivity contribution < 1.29 is 4.79 Å². The summed E-state index contributed by atoms with van der Waals surface area (Å²) >= 11 is 1.45. The van der Waals surface area contributed by atoms with Gasteiger partial charge in [0, 0.05) is 11.7 Å². The SMILES string of the molecule is CCc1cccc(CC)c1NC(=O)CSc1nncn1C1CC1. The lowest BCUT2D eigenvalue weighted by atomic mass is 10.0. The minimum absolute atomic E-state index is 0.0101. The number of carbonyl (C=O) groups excluding carboxylic acids is 1. The van der Waals surface area contributed by atoms with E-state index in [0.29, 0.717) is 11.8 Å². The molecule has 1 aliphatic carbocycles. The fourth-order valence-electron chi connectivity index (χ4n) is 2.65. The molecule has 122 valence electrons. The van der Waals surface area contributed by atoms with Gasteiger partial charge in [-0.05, 0) is 36.8 Å². The molecule has 2 aromatic rings. The largest absolute Gasteiger partial charge is 0.325 e. The molecule has 0 bridgehead atoms. The Balaban J connectivity index is 1.64. The maximum absolute atomic E-state index is 12.4. The second kappa shape index (κ2) is 7.17. The molecule has 5 nitrogen and oxygen atoms in total. The predicted molar refractivity (Wildman–Crippen MR) is 92.8 cm³/mol. The van der Waals surface area contributed by atoms with E-state index in [9.17, 15) is 4.79 Å². The first kappa shape index (κ1) is 16.1. The Morgan fingerprint density at radius 1 is 1.30 bits per heavy atom. The third-order valence-corrected chi connectivity index (χ3v) is 5.03. The Bertz CT molecular complexity index is 671. The average Bonchev–Trinajstić information content (AvgIpc) is 3.31. The van der Waals surface area contributed by atoms with Gasteiger partial charge in [-0.1, -0.05) is 43.8 Å². The van der Waals surface area contributed by atoms with Crippen LogP contribution in [-0.2, 0) is 17.6 Å². The molecule has 1 fully saturated rings. The lowest BCUT2D eigenvalue weighted by Gasteiger charge is -2.14. The highest BCUT2D eigenvalue weighted by molar-refractivity contribution is 7.99. The summed E-state index contributed by atoms with van der Waals surface area (Å²) in [6, 6.07) is 6.74. The summed E-state index contributed by atoms with van der Waals surface area (Å²) in [7, 11) is 0. The van der Waals surface area contributed by atoms with E-state index >= 15 is 0 Å². The molecule has 0 radical (unpaired) electrons. The first-order valence-electron chi connectivity index (χ1n) is 8.15. The van der Waals surface area contributed by atoms with Crippen molar-refractivity contribution in [3.8, 4) is 0 Å². The van der Waals surface area contributed by atoms with Gasteiger partial charge in [0.1, 0.15) is 6.33 Å². The molecule has 1 heterocycles. The molecule has 0 spiro atoms. The highest BCUT2D eigenvalue weighted by Crippen LogP contribution is 2.37. The van der Waals surface area contributed by atoms with Gasteiger partial charge < -0.3 is 9.88 Å². The van der Waals surface area contributed by atoms with Crippen LogP contribution in [0.15, 0.2) is 29.7 Å². The van der Waals surface area contributed by atoms with Gasteiger partial charge in [-0.25, -0.2) is 0 Å². The molecule has 0 atom stereocenters. The Hall–Kier alpha value is -1.82. The lowest BCUT2D eigenvalue weighted by Crippen LogP contribution is -2.17. The minimum atomic E-state index is 0.0101. The van der Waals surface area contributed by atoms with Crippen LogP contribution in [0, 0.1) is 0 Å². The summed E-state index contributed by atoms with van der Waals surface area (Å²) in [4.78, 5) is 12.4. The molecule has 6 heteroatoms. The normalized spacial score (nSPS) is 14.0. The number of thioether (sulfide) groups is 1. The summed E-state index contributed by atoms with van der Waals surface area (Å²) in [5.41, 5.74) is 3.35. The Kier molecular flexibility index (Phi) is 5.00. The van der Waals surface area contributed by atoms with Crippen LogP contribution in [0.5, 0.6) is 0 Å². The van der Waals surface area contributed by atoms with Crippen molar-refractivity contribution in [2.75, 3.05) is 11.1 Å². The quantitative estimate of drug-likeness (QED) is 0.790. The second-order valence-corrected chi connectivity index (χ2v) is 6.69. The third-order valence-electron chi connectivity index (χ3n) is 4.08. The van der Waals surface area contributed by atoms with Crippen molar-refractivity contribution in [3.05, 3.63) is 35.7 Å². The molecule has 1 N–H and O–H groups in total. The van der Waals surface area contributed by atoms with Crippen molar-refractivity contribution in [2.45, 2.75) is 50.7 Å². The number of benzene rings is 1. The van der Waals surface area contributed by atoms with Gasteiger partial charge in [0.05, 0.1) is 5.75 Å². The zero-order valence-corrected chi connectivity index (χ0v) is 14.4. The van der Waals surface area contributed by atoms with E-state index in [0.717, 1.165) is 23.7 Å². The number of rotatable bonds is 7. The van der Waals surface area contributed by atoms with Gasteiger partial charge in [-0.15, -0.1) is 10.2 Å². The number of hydrogen-bond acceptors (Lipinski definition) is 4. The molecule has 1 amide bonds. The summed E-state index contributed by atoms with van der Waals surface area (Å²) in [5, 5.41) is 12.0. The maximum atomic E-state index is 12.4. The van der Waals surface area contributed by atoms with E-state index in [1.807, 2.05) is 0 Å². The molecule has 3 rings (SSSR count). The van der Waals surface area contributed by atoms with E-state index in [1.54, 1.807) is 6.33 Å². The van der Waals surface area contributed by atoms with Gasteiger partial charge in [-0.2, -0.15) is 0 Å². The fourth-order valence-corrected chi connectivity index (χ4v) is 3.43. The maximum Gasteiger partial charge on any atom is 0.234 e. The molecule has 0 unspecified atom stereocenters. The molecule has 1 saturated carbocycles. The molecular weight excluding hydrogens is 308 g/mol. The Labute approximate surface area is 140 Å². The Morgan fingerprint density at radius 2 is 2.00 bits per heavy atom. The minimum Gasteiger partial charge on any atom is -0.325 e. The smallest absolute Gasteiger partial charge is 0.234 e. The molecule has 0 aliphatic heterocycles. The number of aromatic nitrogens is 3. The number of amides is 1. The standard InChI is InChI=1S/C17H22N4OS/c1-3-12-6-5-7-13(4-2)16(12)19-15(22)10-23-17-20-18-11-21(17)14-8-9-14/h5-7,11,14H,3-4,8-10H2,1-2H3,(H,19,22). The molecule has 1 aromatic carbocycles. The number of carbonyl (C=O) groups is 1. The molecule has 1 aliphatic rings. The number of nitrogens with zero attached hydrogens (tertiary/aromatic N) is 3. The van der Waals surface area contributed by atoms with Gasteiger partial charge in [0.25, 0.3) is 0 Å². The summed E-state index contributed by atoms with van der Waals surface area (Å²) in [6.07, 6.45) is 5.95. The van der Waals surface area contributed by atoms with Gasteiger partial charge in [0.2, 0.25) is 5.91 Å². The molecule has 1 aromatic heterocycles. The molecule has 23 heavy (non-hydrogen) atoms. The van der Waals surface area contributed by atoms with E-state index < -0.39 is 0 Å². The van der Waals surface area contributed by atoms with Gasteiger partial charge >= 0.3 is 0 Å². The summed E-state index contributed by atoms with van der Waals surface area (Å²) in [5.74, 6) is 0.364. The highest BCUT2D eigenvalue weighted by Gasteiger charge is 2.26. The highest BCUT2D eigenvalue weighted by atomic mass is 32.2. The topological polar surface area (TPSA) is 59.8 Å². The van der Waals surface area contributed by atoms with Crippen molar-refractivity contribution in [1.29, 1.82) is 0 Å². The van der Waals surface area contributed by atoms with Crippen LogP contribution < -0.4 is 5.32 Å². The predicted octanol–water partition coefficient (Wildman–Crippen LogP) is 3.47. The van der Waals surface area contributed by atoms with Crippen molar-refractivity contribution >= 4 is 23.4 Å². The van der Waals surface area contributed by atoms with E-state index in [1.165, 1.54) is 35.7 Å². The number of hydrogen-bond donors (Lipinski definition) is 1. The summed E-state index contributed by atoms with van der Waals surface area (Å²) in [6.45, 7) is 4.22. The average molecular weight is 330 g/mol. The zero-order chi connectivity index (χ0) is 16.2. The van der Waals surface area contributed by atoms with Crippen molar-refractivity contribution in [2.24, 2.45) is 0 Å². The lowest BCUT2D eigenvalue weighted by molar-refractivity contribution is -0.113. The first-order valence-corrected chi connectivity index (χ1v) is 9.14. The van der Waals surface area contributed by atoms with E-state index in [-0.39, 0.29) is 5.91 Å². The summed E-state index contributed by atoms with van der Waals surface area (Å²) < 4.78 is 2.08. The van der Waals surface area contributed by atoms with Crippen LogP contribution in [0.3, 0.4) is 0 Å². The molecule has 0 saturated heterocycles. The van der Waals surface area contributed by atoms with Crippen LogP contribution in [0.4, 0.5) is 5.69 Å². The van der Waals surface area contributed by atoms with Crippen molar-refractivity contribution in [1.82, 2.24) is 14.8 Å². The number of aryl methyl sites for hydroxylation is 2. The number of anilines is 1. The monoisotopic (exact) mass is 330 g/mol. The number of nitrogens with one attached hydrogen (secondary N) is 1. The first-order chi connectivity index (χ1) is 11.2. The van der Waals surface area contributed by atoms with Crippen LogP contribution >= 0.6 is 11.8 Å². The van der Waals surface area contributed by atoms with Crippen LogP contribution in [-0.4, -0.2) is 26.4 Å². The van der Waals surface area contributed by atoms with E-state index in [4.69, 9.17) is 0 Å². The Morgan fingerprint density at radius 3 is 2.61 bits per heavy atom. The third kappa shape index (κ3) is 3.75. The number of para-hydroxylation sites is 1. The van der Waals surface area contributed by atoms with Crippen LogP contribution in [0.1, 0.15) is 43.9 Å². The van der Waals surface area contributed by atoms with Crippen molar-refractivity contribution in [3.63, 3.8) is 0 Å². The zero-order valence-electron chi connectivity index (χ0n) is 13.6. The fraction of sp³-hybridized carbons (Fsp3) is 0.471. The van der Waals surface area contributed by atoms with Crippen LogP contribution in [0.25, 0.3) is 0 Å². The van der Waals surface area contributed by atoms with Crippen LogP contribution in [0.2, 0.25) is 0 Å². The van der Waals surface area contributed by atoms with Gasteiger partial charge in [-0.3, -0.25) is 4.79 Å².